The minimum absolute atomic E-state index is 0.0889. The molecule has 2 unspecified atom stereocenters. The van der Waals surface area contributed by atoms with Gasteiger partial charge in [0.1, 0.15) is 11.4 Å². The summed E-state index contributed by atoms with van der Waals surface area (Å²) in [6.45, 7) is 3.39. The van der Waals surface area contributed by atoms with Gasteiger partial charge in [-0.05, 0) is 43.7 Å². The van der Waals surface area contributed by atoms with Crippen molar-refractivity contribution in [2.75, 3.05) is 6.61 Å². The summed E-state index contributed by atoms with van der Waals surface area (Å²) >= 11 is 0. The molecule has 25 heavy (non-hydrogen) atoms. The van der Waals surface area contributed by atoms with Crippen LogP contribution in [0.5, 0.6) is 0 Å². The van der Waals surface area contributed by atoms with Crippen LogP contribution in [0, 0.1) is 11.7 Å². The summed E-state index contributed by atoms with van der Waals surface area (Å²) in [4.78, 5) is 37.9. The molecule has 0 bridgehead atoms. The first-order valence-electron chi connectivity index (χ1n) is 8.06. The number of hydrogen-bond acceptors (Lipinski definition) is 4. The number of halogens is 1. The molecule has 0 amide bonds. The lowest BCUT2D eigenvalue weighted by atomic mass is 9.76. The Bertz CT molecular complexity index is 839. The number of aromatic nitrogens is 1. The van der Waals surface area contributed by atoms with Crippen molar-refractivity contribution in [1.82, 2.24) is 4.57 Å². The van der Waals surface area contributed by atoms with Gasteiger partial charge in [-0.25, -0.2) is 4.39 Å². The second kappa shape index (κ2) is 6.27. The summed E-state index contributed by atoms with van der Waals surface area (Å²) in [7, 11) is 0. The van der Waals surface area contributed by atoms with Gasteiger partial charge in [0.25, 0.3) is 0 Å². The highest BCUT2D eigenvalue weighted by atomic mass is 19.1. The number of fused-ring (bicyclic) bond motifs is 1. The zero-order chi connectivity index (χ0) is 18.2. The van der Waals surface area contributed by atoms with Gasteiger partial charge in [0, 0.05) is 12.6 Å². The monoisotopic (exact) mass is 343 g/mol. The van der Waals surface area contributed by atoms with Crippen LogP contribution in [0.25, 0.3) is 0 Å². The van der Waals surface area contributed by atoms with E-state index in [9.17, 15) is 18.8 Å². The van der Waals surface area contributed by atoms with E-state index in [4.69, 9.17) is 4.74 Å². The van der Waals surface area contributed by atoms with Gasteiger partial charge in [-0.15, -0.1) is 0 Å². The molecule has 130 valence electrons. The first-order chi connectivity index (χ1) is 11.9. The Kier molecular flexibility index (Phi) is 4.29. The summed E-state index contributed by atoms with van der Waals surface area (Å²) in [6, 6.07) is 9.06. The Balaban J connectivity index is 2.06. The SMILES string of the molecule is CCOC(=O)C1C(=O)c2cccn2C(C)(Cc2ccc(F)cc2)C1=O. The molecule has 6 heteroatoms. The van der Waals surface area contributed by atoms with Crippen LogP contribution >= 0.6 is 0 Å². The second-order valence-electron chi connectivity index (χ2n) is 6.25. The van der Waals surface area contributed by atoms with Gasteiger partial charge >= 0.3 is 5.97 Å². The fourth-order valence-electron chi connectivity index (χ4n) is 3.32. The molecule has 1 aliphatic heterocycles. The molecule has 1 aromatic carbocycles. The Morgan fingerprint density at radius 3 is 2.56 bits per heavy atom. The van der Waals surface area contributed by atoms with Gasteiger partial charge in [0.2, 0.25) is 5.78 Å². The number of ether oxygens (including phenoxy) is 1. The predicted molar refractivity (Wildman–Crippen MR) is 87.6 cm³/mol. The largest absolute Gasteiger partial charge is 0.465 e. The van der Waals surface area contributed by atoms with Crippen molar-refractivity contribution in [3.05, 3.63) is 59.7 Å². The molecular weight excluding hydrogens is 325 g/mol. The van der Waals surface area contributed by atoms with Crippen molar-refractivity contribution in [2.24, 2.45) is 5.92 Å². The number of carbonyl (C=O) groups excluding carboxylic acids is 3. The number of Topliss-reactive ketones (excluding diaryl/α,β-unsaturated/α-hetero) is 2. The van der Waals surface area contributed by atoms with Crippen LogP contribution in [0.15, 0.2) is 42.6 Å². The highest BCUT2D eigenvalue weighted by molar-refractivity contribution is 6.25. The first-order valence-corrected chi connectivity index (χ1v) is 8.06. The van der Waals surface area contributed by atoms with Crippen molar-refractivity contribution in [2.45, 2.75) is 25.8 Å². The van der Waals surface area contributed by atoms with E-state index in [0.29, 0.717) is 5.69 Å². The van der Waals surface area contributed by atoms with Crippen LogP contribution in [0.1, 0.15) is 29.9 Å². The average molecular weight is 343 g/mol. The van der Waals surface area contributed by atoms with E-state index in [1.807, 2.05) is 0 Å². The van der Waals surface area contributed by atoms with Gasteiger partial charge in [-0.1, -0.05) is 12.1 Å². The molecule has 0 saturated carbocycles. The number of ketones is 2. The third-order valence-electron chi connectivity index (χ3n) is 4.57. The summed E-state index contributed by atoms with van der Waals surface area (Å²) in [5.74, 6) is -3.72. The molecular formula is C19H18FNO4. The maximum atomic E-state index is 13.2. The third kappa shape index (κ3) is 2.77. The quantitative estimate of drug-likeness (QED) is 0.632. The highest BCUT2D eigenvalue weighted by Gasteiger charge is 2.52. The second-order valence-corrected chi connectivity index (χ2v) is 6.25. The van der Waals surface area contributed by atoms with Gasteiger partial charge in [-0.2, -0.15) is 0 Å². The molecule has 2 aromatic rings. The van der Waals surface area contributed by atoms with Crippen LogP contribution in [-0.4, -0.2) is 28.7 Å². The number of hydrogen-bond donors (Lipinski definition) is 0. The van der Waals surface area contributed by atoms with E-state index in [1.165, 1.54) is 12.1 Å². The Hall–Kier alpha value is -2.76. The number of carbonyl (C=O) groups is 3. The van der Waals surface area contributed by atoms with Crippen molar-refractivity contribution in [3.63, 3.8) is 0 Å². The zero-order valence-corrected chi connectivity index (χ0v) is 14.0. The van der Waals surface area contributed by atoms with E-state index in [2.05, 4.69) is 0 Å². The molecule has 2 atom stereocenters. The van der Waals surface area contributed by atoms with Gasteiger partial charge in [-0.3, -0.25) is 14.4 Å². The maximum Gasteiger partial charge on any atom is 0.324 e. The molecule has 1 aliphatic rings. The summed E-state index contributed by atoms with van der Waals surface area (Å²) in [5, 5.41) is 0. The van der Waals surface area contributed by atoms with Gasteiger partial charge < -0.3 is 9.30 Å². The lowest BCUT2D eigenvalue weighted by Crippen LogP contribution is -2.54. The minimum atomic E-state index is -1.47. The number of benzene rings is 1. The molecule has 0 saturated heterocycles. The van der Waals surface area contributed by atoms with E-state index in [1.54, 1.807) is 48.9 Å². The van der Waals surface area contributed by atoms with Crippen LogP contribution in [0.3, 0.4) is 0 Å². The van der Waals surface area contributed by atoms with Crippen molar-refractivity contribution in [3.8, 4) is 0 Å². The van der Waals surface area contributed by atoms with Crippen molar-refractivity contribution < 1.29 is 23.5 Å². The molecule has 5 nitrogen and oxygen atoms in total. The first kappa shape index (κ1) is 17.1. The molecule has 0 aliphatic carbocycles. The lowest BCUT2D eigenvalue weighted by Gasteiger charge is -2.37. The minimum Gasteiger partial charge on any atom is -0.465 e. The summed E-state index contributed by atoms with van der Waals surface area (Å²) < 4.78 is 19.7. The van der Waals surface area contributed by atoms with Crippen LogP contribution in [0.2, 0.25) is 0 Å². The molecule has 1 aromatic heterocycles. The smallest absolute Gasteiger partial charge is 0.324 e. The van der Waals surface area contributed by atoms with Gasteiger partial charge in [0.05, 0.1) is 12.3 Å². The molecule has 0 N–H and O–H groups in total. The maximum absolute atomic E-state index is 13.2. The standard InChI is InChI=1S/C19H18FNO4/c1-3-25-18(24)15-16(22)14-5-4-10-21(14)19(2,17(15)23)11-12-6-8-13(20)9-7-12/h4-10,15H,3,11H2,1-2H3. The highest BCUT2D eigenvalue weighted by Crippen LogP contribution is 2.35. The Labute approximate surface area is 144 Å². The predicted octanol–water partition coefficient (Wildman–Crippen LogP) is 2.53. The molecule has 2 heterocycles. The van der Waals surface area contributed by atoms with Crippen LogP contribution in [-0.2, 0) is 26.3 Å². The van der Waals surface area contributed by atoms with Crippen molar-refractivity contribution >= 4 is 17.5 Å². The van der Waals surface area contributed by atoms with Gasteiger partial charge in [0.15, 0.2) is 11.7 Å². The van der Waals surface area contributed by atoms with E-state index < -0.39 is 29.0 Å². The average Bonchev–Trinajstić information content (AvgIpc) is 3.07. The van der Waals surface area contributed by atoms with Crippen LogP contribution < -0.4 is 0 Å². The molecule has 3 rings (SSSR count). The van der Waals surface area contributed by atoms with E-state index >= 15 is 0 Å². The van der Waals surface area contributed by atoms with Crippen LogP contribution in [0.4, 0.5) is 4.39 Å². The van der Waals surface area contributed by atoms with Crippen molar-refractivity contribution in [1.29, 1.82) is 0 Å². The molecule has 0 radical (unpaired) electrons. The Morgan fingerprint density at radius 2 is 1.92 bits per heavy atom. The van der Waals surface area contributed by atoms with E-state index in [0.717, 1.165) is 5.56 Å². The molecule has 0 spiro atoms. The zero-order valence-electron chi connectivity index (χ0n) is 14.0. The number of nitrogens with zero attached hydrogens (tertiary/aromatic N) is 1. The summed E-state index contributed by atoms with van der Waals surface area (Å²) in [6.07, 6.45) is 1.88. The Morgan fingerprint density at radius 1 is 1.24 bits per heavy atom. The fourth-order valence-corrected chi connectivity index (χ4v) is 3.32. The van der Waals surface area contributed by atoms with E-state index in [-0.39, 0.29) is 18.8 Å². The number of rotatable bonds is 4. The topological polar surface area (TPSA) is 65.4 Å². The molecule has 0 fully saturated rings. The fraction of sp³-hybridized carbons (Fsp3) is 0.316. The normalized spacial score (nSPS) is 22.6. The summed E-state index contributed by atoms with van der Waals surface area (Å²) in [5.41, 5.74) is -0.113. The lowest BCUT2D eigenvalue weighted by molar-refractivity contribution is -0.152. The number of esters is 1. The third-order valence-corrected chi connectivity index (χ3v) is 4.57.